The normalized spacial score (nSPS) is 16.4. The number of hydrogen-bond acceptors (Lipinski definition) is 6. The molecule has 0 saturated heterocycles. The second kappa shape index (κ2) is 10.5. The molecule has 0 aliphatic heterocycles. The smallest absolute Gasteiger partial charge is 0.319 e. The molecule has 0 radical (unpaired) electrons. The molecule has 1 aromatic carbocycles. The van der Waals surface area contributed by atoms with Crippen LogP contribution in [0.15, 0.2) is 54.6 Å². The predicted molar refractivity (Wildman–Crippen MR) is 131 cm³/mol. The van der Waals surface area contributed by atoms with Crippen molar-refractivity contribution in [2.75, 3.05) is 7.05 Å². The number of sulfonamides is 1. The van der Waals surface area contributed by atoms with Crippen LogP contribution < -0.4 is 10.6 Å². The van der Waals surface area contributed by atoms with Gasteiger partial charge in [-0.3, -0.25) is 14.8 Å². The zero-order valence-corrected chi connectivity index (χ0v) is 20.9. The number of nitrogens with zero attached hydrogens (tertiary/aromatic N) is 3. The summed E-state index contributed by atoms with van der Waals surface area (Å²) in [6, 6.07) is 2.53. The summed E-state index contributed by atoms with van der Waals surface area (Å²) in [6.45, 7) is 2.94. The minimum atomic E-state index is -3.81. The number of carbonyl (C=O) groups excluding carboxylic acids is 2. The molecular weight excluding hydrogens is 501 g/mol. The average molecular weight is 524 g/mol. The Bertz CT molecular complexity index is 1270. The maximum Gasteiger partial charge on any atom is 0.319 e. The lowest BCUT2D eigenvalue weighted by Crippen LogP contribution is -2.39. The Balaban J connectivity index is 1.64. The molecule has 12 heteroatoms. The van der Waals surface area contributed by atoms with E-state index in [1.54, 1.807) is 43.7 Å². The van der Waals surface area contributed by atoms with Crippen LogP contribution in [0.4, 0.5) is 4.79 Å². The standard InChI is InChI=1S/C22H23Cl2N5O4S/c1-13(17-8-9-18(21(24)20(17)23)19-12-25-10-11-26-19)27-22(31)28-15-4-6-16(7-5-15)34(32,33)29(3)14(2)30/h4-6,8-13,16H,7H2,1-3H3,(H2,27,28,31)/t13-,16?/m0/s1. The molecular formula is C22H23Cl2N5O4S. The summed E-state index contributed by atoms with van der Waals surface area (Å²) in [5.41, 5.74) is 2.24. The first-order chi connectivity index (χ1) is 16.0. The Morgan fingerprint density at radius 2 is 1.94 bits per heavy atom. The fourth-order valence-corrected chi connectivity index (χ4v) is 5.25. The number of nitrogens with one attached hydrogen (secondary N) is 2. The molecule has 2 N–H and O–H groups in total. The van der Waals surface area contributed by atoms with Crippen LogP contribution >= 0.6 is 23.2 Å². The van der Waals surface area contributed by atoms with Gasteiger partial charge in [-0.15, -0.1) is 0 Å². The van der Waals surface area contributed by atoms with Crippen molar-refractivity contribution in [3.05, 3.63) is 70.3 Å². The van der Waals surface area contributed by atoms with Crippen molar-refractivity contribution in [3.63, 3.8) is 0 Å². The molecule has 2 atom stereocenters. The first-order valence-electron chi connectivity index (χ1n) is 10.2. The molecule has 3 rings (SSSR count). The highest BCUT2D eigenvalue weighted by atomic mass is 35.5. The molecule has 2 aromatic rings. The molecule has 9 nitrogen and oxygen atoms in total. The first kappa shape index (κ1) is 25.7. The topological polar surface area (TPSA) is 121 Å². The molecule has 1 heterocycles. The van der Waals surface area contributed by atoms with E-state index >= 15 is 0 Å². The zero-order valence-electron chi connectivity index (χ0n) is 18.6. The van der Waals surface area contributed by atoms with Gasteiger partial charge in [-0.2, -0.15) is 0 Å². The highest BCUT2D eigenvalue weighted by Gasteiger charge is 2.30. The van der Waals surface area contributed by atoms with E-state index in [2.05, 4.69) is 20.6 Å². The number of halogens is 2. The quantitative estimate of drug-likeness (QED) is 0.593. The van der Waals surface area contributed by atoms with Crippen LogP contribution in [-0.4, -0.2) is 46.9 Å². The number of hydrogen-bond donors (Lipinski definition) is 2. The SMILES string of the molecule is CC(=O)N(C)S(=O)(=O)C1C=CC(NC(=O)N[C@@H](C)c2ccc(-c3cnccn3)c(Cl)c2Cl)=CC1. The van der Waals surface area contributed by atoms with Crippen molar-refractivity contribution >= 4 is 45.2 Å². The van der Waals surface area contributed by atoms with Crippen molar-refractivity contribution in [2.45, 2.75) is 31.6 Å². The Kier molecular flexibility index (Phi) is 7.96. The van der Waals surface area contributed by atoms with Gasteiger partial charge in [-0.1, -0.05) is 47.5 Å². The van der Waals surface area contributed by atoms with Crippen LogP contribution in [0.5, 0.6) is 0 Å². The minimum Gasteiger partial charge on any atom is -0.331 e. The van der Waals surface area contributed by atoms with Crippen molar-refractivity contribution in [1.82, 2.24) is 24.9 Å². The van der Waals surface area contributed by atoms with Gasteiger partial charge in [-0.05, 0) is 25.0 Å². The second-order valence-corrected chi connectivity index (χ2v) is 10.5. The number of urea groups is 1. The van der Waals surface area contributed by atoms with Crippen LogP contribution in [-0.2, 0) is 14.8 Å². The summed E-state index contributed by atoms with van der Waals surface area (Å²) in [7, 11) is -2.59. The first-order valence-corrected chi connectivity index (χ1v) is 12.5. The molecule has 0 spiro atoms. The lowest BCUT2D eigenvalue weighted by molar-refractivity contribution is -0.123. The Hall–Kier alpha value is -2.95. The third-order valence-electron chi connectivity index (χ3n) is 5.29. The van der Waals surface area contributed by atoms with E-state index in [4.69, 9.17) is 23.2 Å². The molecule has 180 valence electrons. The predicted octanol–water partition coefficient (Wildman–Crippen LogP) is 3.83. The lowest BCUT2D eigenvalue weighted by atomic mass is 10.0. The van der Waals surface area contributed by atoms with E-state index in [1.165, 1.54) is 26.1 Å². The lowest BCUT2D eigenvalue weighted by Gasteiger charge is -2.23. The van der Waals surface area contributed by atoms with Gasteiger partial charge in [-0.25, -0.2) is 17.5 Å². The highest BCUT2D eigenvalue weighted by Crippen LogP contribution is 2.37. The van der Waals surface area contributed by atoms with E-state index in [9.17, 15) is 18.0 Å². The molecule has 34 heavy (non-hydrogen) atoms. The fourth-order valence-electron chi connectivity index (χ4n) is 3.27. The van der Waals surface area contributed by atoms with Crippen LogP contribution in [0.2, 0.25) is 10.0 Å². The van der Waals surface area contributed by atoms with E-state index in [0.717, 1.165) is 0 Å². The third kappa shape index (κ3) is 5.57. The van der Waals surface area contributed by atoms with Gasteiger partial charge in [0.25, 0.3) is 0 Å². The van der Waals surface area contributed by atoms with E-state index < -0.39 is 33.3 Å². The summed E-state index contributed by atoms with van der Waals surface area (Å²) in [5.74, 6) is -0.571. The summed E-state index contributed by atoms with van der Waals surface area (Å²) in [4.78, 5) is 32.2. The van der Waals surface area contributed by atoms with Crippen molar-refractivity contribution in [2.24, 2.45) is 0 Å². The maximum absolute atomic E-state index is 12.5. The molecule has 1 aliphatic rings. The number of rotatable bonds is 6. The van der Waals surface area contributed by atoms with Crippen LogP contribution in [0.1, 0.15) is 31.9 Å². The van der Waals surface area contributed by atoms with Gasteiger partial charge in [0.1, 0.15) is 5.25 Å². The molecule has 0 fully saturated rings. The van der Waals surface area contributed by atoms with Crippen molar-refractivity contribution < 1.29 is 18.0 Å². The number of benzene rings is 1. The minimum absolute atomic E-state index is 0.118. The van der Waals surface area contributed by atoms with Gasteiger partial charge in [0, 0.05) is 37.6 Å². The third-order valence-corrected chi connectivity index (χ3v) is 8.32. The van der Waals surface area contributed by atoms with E-state index in [-0.39, 0.29) is 11.4 Å². The molecule has 1 aromatic heterocycles. The maximum atomic E-state index is 12.5. The number of aromatic nitrogens is 2. The number of allylic oxidation sites excluding steroid dienone is 2. The average Bonchev–Trinajstić information content (AvgIpc) is 2.80. The van der Waals surface area contributed by atoms with Crippen LogP contribution in [0.25, 0.3) is 11.3 Å². The summed E-state index contributed by atoms with van der Waals surface area (Å²) < 4.78 is 25.6. The van der Waals surface area contributed by atoms with Gasteiger partial charge in [0.15, 0.2) is 0 Å². The number of amides is 3. The Morgan fingerprint density at radius 1 is 1.21 bits per heavy atom. The molecule has 0 saturated carbocycles. The number of carbonyl (C=O) groups is 2. The molecule has 1 unspecified atom stereocenters. The Morgan fingerprint density at radius 3 is 2.53 bits per heavy atom. The van der Waals surface area contributed by atoms with Crippen LogP contribution in [0.3, 0.4) is 0 Å². The summed E-state index contributed by atoms with van der Waals surface area (Å²) in [5, 5.41) is 5.15. The highest BCUT2D eigenvalue weighted by molar-refractivity contribution is 7.90. The fraction of sp³-hybridized carbons (Fsp3) is 0.273. The van der Waals surface area contributed by atoms with E-state index in [0.29, 0.717) is 31.8 Å². The molecule has 3 amide bonds. The molecule has 0 bridgehead atoms. The van der Waals surface area contributed by atoms with Gasteiger partial charge < -0.3 is 10.6 Å². The van der Waals surface area contributed by atoms with E-state index in [1.807, 2.05) is 0 Å². The van der Waals surface area contributed by atoms with Crippen molar-refractivity contribution in [1.29, 1.82) is 0 Å². The summed E-state index contributed by atoms with van der Waals surface area (Å²) in [6.07, 6.45) is 9.31. The van der Waals surface area contributed by atoms with Gasteiger partial charge >= 0.3 is 6.03 Å². The largest absolute Gasteiger partial charge is 0.331 e. The monoisotopic (exact) mass is 523 g/mol. The second-order valence-electron chi connectivity index (χ2n) is 7.57. The van der Waals surface area contributed by atoms with Gasteiger partial charge in [0.05, 0.1) is 28.0 Å². The van der Waals surface area contributed by atoms with Gasteiger partial charge in [0.2, 0.25) is 15.9 Å². The van der Waals surface area contributed by atoms with Crippen molar-refractivity contribution in [3.8, 4) is 11.3 Å². The zero-order chi connectivity index (χ0) is 25.0. The van der Waals surface area contributed by atoms with Crippen LogP contribution in [0, 0.1) is 0 Å². The Labute approximate surface area is 207 Å². The summed E-state index contributed by atoms with van der Waals surface area (Å²) >= 11 is 12.9. The molecule has 1 aliphatic carbocycles.